The Bertz CT molecular complexity index is 452. The van der Waals surface area contributed by atoms with E-state index < -0.39 is 0 Å². The molecule has 3 rings (SSSR count). The molecule has 0 unspecified atom stereocenters. The molecule has 0 radical (unpaired) electrons. The third-order valence-corrected chi connectivity index (χ3v) is 3.27. The number of aliphatic hydroxyl groups excluding tert-OH is 1. The smallest absolute Gasteiger partial charge is 0.0483 e. The predicted molar refractivity (Wildman–Crippen MR) is 64.2 cm³/mol. The molecule has 0 bridgehead atoms. The number of hydrogen-bond acceptors (Lipinski definition) is 2. The van der Waals surface area contributed by atoms with E-state index in [1.807, 2.05) is 6.07 Å². The summed E-state index contributed by atoms with van der Waals surface area (Å²) in [5, 5.41) is 10.2. The van der Waals surface area contributed by atoms with Crippen LogP contribution in [0.1, 0.15) is 5.69 Å². The Morgan fingerprint density at radius 1 is 1.31 bits per heavy atom. The summed E-state index contributed by atoms with van der Waals surface area (Å²) in [6.45, 7) is 3.33. The van der Waals surface area contributed by atoms with Crippen LogP contribution in [-0.4, -0.2) is 34.7 Å². The summed E-state index contributed by atoms with van der Waals surface area (Å²) in [6.07, 6.45) is 0. The molecule has 3 nitrogen and oxygen atoms in total. The molecule has 1 aromatic carbocycles. The van der Waals surface area contributed by atoms with Crippen LogP contribution in [0, 0.1) is 5.92 Å². The first-order valence-corrected chi connectivity index (χ1v) is 5.75. The van der Waals surface area contributed by atoms with Crippen LogP contribution in [-0.2, 0) is 6.54 Å². The number of H-pyrrole nitrogens is 1. The third-order valence-electron chi connectivity index (χ3n) is 3.27. The second-order valence-corrected chi connectivity index (χ2v) is 4.62. The molecule has 16 heavy (non-hydrogen) atoms. The number of aromatic amines is 1. The second kappa shape index (κ2) is 3.92. The van der Waals surface area contributed by atoms with Crippen molar-refractivity contribution < 1.29 is 5.11 Å². The van der Waals surface area contributed by atoms with Gasteiger partial charge in [0.05, 0.1) is 0 Å². The third kappa shape index (κ3) is 1.72. The summed E-state index contributed by atoms with van der Waals surface area (Å²) in [4.78, 5) is 5.78. The summed E-state index contributed by atoms with van der Waals surface area (Å²) in [7, 11) is 0. The summed E-state index contributed by atoms with van der Waals surface area (Å²) in [5.41, 5.74) is 2.47. The van der Waals surface area contributed by atoms with Gasteiger partial charge in [-0.05, 0) is 17.5 Å². The van der Waals surface area contributed by atoms with Crippen LogP contribution in [0.2, 0.25) is 0 Å². The topological polar surface area (TPSA) is 39.3 Å². The monoisotopic (exact) mass is 216 g/mol. The maximum Gasteiger partial charge on any atom is 0.0483 e. The van der Waals surface area contributed by atoms with Crippen molar-refractivity contribution in [2.75, 3.05) is 19.7 Å². The summed E-state index contributed by atoms with van der Waals surface area (Å²) >= 11 is 0. The number of fused-ring (bicyclic) bond motifs is 1. The Morgan fingerprint density at radius 3 is 2.88 bits per heavy atom. The van der Waals surface area contributed by atoms with E-state index >= 15 is 0 Å². The van der Waals surface area contributed by atoms with Crippen molar-refractivity contribution in [2.45, 2.75) is 6.54 Å². The van der Waals surface area contributed by atoms with E-state index in [1.165, 1.54) is 16.6 Å². The van der Waals surface area contributed by atoms with Gasteiger partial charge in [-0.3, -0.25) is 4.90 Å². The van der Waals surface area contributed by atoms with Gasteiger partial charge in [-0.1, -0.05) is 18.2 Å². The predicted octanol–water partition coefficient (Wildman–Crippen LogP) is 1.59. The molecule has 0 atom stereocenters. The average molecular weight is 216 g/mol. The SMILES string of the molecule is OCC1CN(Cc2cc3ccccc3[nH]2)C1. The highest BCUT2D eigenvalue weighted by Crippen LogP contribution is 2.20. The van der Waals surface area contributed by atoms with Gasteiger partial charge in [0.2, 0.25) is 0 Å². The number of nitrogens with one attached hydrogen (secondary N) is 1. The van der Waals surface area contributed by atoms with Gasteiger partial charge in [0, 0.05) is 43.4 Å². The Balaban J connectivity index is 1.71. The van der Waals surface area contributed by atoms with Crippen LogP contribution in [0.5, 0.6) is 0 Å². The average Bonchev–Trinajstić information content (AvgIpc) is 2.65. The molecular weight excluding hydrogens is 200 g/mol. The van der Waals surface area contributed by atoms with Gasteiger partial charge in [-0.2, -0.15) is 0 Å². The molecule has 0 aliphatic carbocycles. The van der Waals surface area contributed by atoms with E-state index in [-0.39, 0.29) is 0 Å². The molecule has 1 saturated heterocycles. The molecule has 1 aliphatic heterocycles. The number of rotatable bonds is 3. The number of nitrogens with zero attached hydrogens (tertiary/aromatic N) is 1. The highest BCUT2D eigenvalue weighted by Gasteiger charge is 2.25. The van der Waals surface area contributed by atoms with Gasteiger partial charge >= 0.3 is 0 Å². The molecule has 84 valence electrons. The van der Waals surface area contributed by atoms with E-state index in [0.717, 1.165) is 19.6 Å². The number of aliphatic hydroxyl groups is 1. The molecule has 2 aromatic rings. The number of likely N-dealkylation sites (tertiary alicyclic amines) is 1. The van der Waals surface area contributed by atoms with E-state index in [0.29, 0.717) is 12.5 Å². The molecule has 3 heteroatoms. The zero-order chi connectivity index (χ0) is 11.0. The number of hydrogen-bond donors (Lipinski definition) is 2. The maximum atomic E-state index is 8.95. The molecule has 1 aliphatic rings. The quantitative estimate of drug-likeness (QED) is 0.818. The van der Waals surface area contributed by atoms with Crippen molar-refractivity contribution in [3.63, 3.8) is 0 Å². The molecule has 0 amide bonds. The Hall–Kier alpha value is -1.32. The minimum absolute atomic E-state index is 0.323. The molecule has 0 spiro atoms. The van der Waals surface area contributed by atoms with Crippen molar-refractivity contribution in [3.8, 4) is 0 Å². The number of aromatic nitrogens is 1. The normalized spacial score (nSPS) is 17.8. The van der Waals surface area contributed by atoms with Crippen LogP contribution < -0.4 is 0 Å². The first-order valence-electron chi connectivity index (χ1n) is 5.75. The molecule has 0 saturated carbocycles. The maximum absolute atomic E-state index is 8.95. The lowest BCUT2D eigenvalue weighted by Gasteiger charge is -2.37. The van der Waals surface area contributed by atoms with Crippen molar-refractivity contribution in [1.29, 1.82) is 0 Å². The summed E-state index contributed by atoms with van der Waals surface area (Å²) in [5.74, 6) is 0.490. The minimum Gasteiger partial charge on any atom is -0.396 e. The Kier molecular flexibility index (Phi) is 2.42. The largest absolute Gasteiger partial charge is 0.396 e. The lowest BCUT2D eigenvalue weighted by Crippen LogP contribution is -2.47. The fourth-order valence-electron chi connectivity index (χ4n) is 2.38. The van der Waals surface area contributed by atoms with Gasteiger partial charge < -0.3 is 10.1 Å². The van der Waals surface area contributed by atoms with Crippen molar-refractivity contribution in [1.82, 2.24) is 9.88 Å². The Labute approximate surface area is 94.7 Å². The van der Waals surface area contributed by atoms with E-state index in [1.54, 1.807) is 0 Å². The van der Waals surface area contributed by atoms with Gasteiger partial charge in [-0.15, -0.1) is 0 Å². The van der Waals surface area contributed by atoms with Crippen LogP contribution in [0.25, 0.3) is 10.9 Å². The molecule has 1 fully saturated rings. The van der Waals surface area contributed by atoms with Gasteiger partial charge in [0.1, 0.15) is 0 Å². The van der Waals surface area contributed by atoms with Gasteiger partial charge in [0.25, 0.3) is 0 Å². The second-order valence-electron chi connectivity index (χ2n) is 4.62. The van der Waals surface area contributed by atoms with Crippen LogP contribution in [0.4, 0.5) is 0 Å². The summed E-state index contributed by atoms with van der Waals surface area (Å²) < 4.78 is 0. The fourth-order valence-corrected chi connectivity index (χ4v) is 2.38. The van der Waals surface area contributed by atoms with Crippen LogP contribution in [0.3, 0.4) is 0 Å². The first-order chi connectivity index (χ1) is 7.85. The first kappa shape index (κ1) is 9.87. The van der Waals surface area contributed by atoms with E-state index in [9.17, 15) is 0 Å². The van der Waals surface area contributed by atoms with E-state index in [2.05, 4.69) is 34.1 Å². The zero-order valence-electron chi connectivity index (χ0n) is 9.19. The molecule has 1 aromatic heterocycles. The van der Waals surface area contributed by atoms with Gasteiger partial charge in [-0.25, -0.2) is 0 Å². The number of para-hydroxylation sites is 1. The van der Waals surface area contributed by atoms with Crippen molar-refractivity contribution >= 4 is 10.9 Å². The minimum atomic E-state index is 0.323. The fraction of sp³-hybridized carbons (Fsp3) is 0.385. The van der Waals surface area contributed by atoms with Crippen molar-refractivity contribution in [3.05, 3.63) is 36.0 Å². The Morgan fingerprint density at radius 2 is 2.12 bits per heavy atom. The molecular formula is C13H16N2O. The molecule has 2 N–H and O–H groups in total. The molecule has 2 heterocycles. The van der Waals surface area contributed by atoms with E-state index in [4.69, 9.17) is 5.11 Å². The lowest BCUT2D eigenvalue weighted by atomic mass is 10.0. The van der Waals surface area contributed by atoms with Gasteiger partial charge in [0.15, 0.2) is 0 Å². The van der Waals surface area contributed by atoms with Crippen LogP contribution >= 0.6 is 0 Å². The lowest BCUT2D eigenvalue weighted by molar-refractivity contribution is 0.0471. The highest BCUT2D eigenvalue weighted by molar-refractivity contribution is 5.80. The zero-order valence-corrected chi connectivity index (χ0v) is 9.19. The highest BCUT2D eigenvalue weighted by atomic mass is 16.3. The standard InChI is InChI=1S/C13H16N2O/c16-9-10-6-15(7-10)8-12-5-11-3-1-2-4-13(11)14-12/h1-5,10,14,16H,6-9H2. The van der Waals surface area contributed by atoms with Crippen LogP contribution in [0.15, 0.2) is 30.3 Å². The summed E-state index contributed by atoms with van der Waals surface area (Å²) in [6, 6.07) is 10.6. The van der Waals surface area contributed by atoms with Crippen molar-refractivity contribution in [2.24, 2.45) is 5.92 Å². The number of benzene rings is 1.